The Hall–Kier alpha value is -1.95. The molecule has 5 nitrogen and oxygen atoms in total. The summed E-state index contributed by atoms with van der Waals surface area (Å²) in [6, 6.07) is 9.44. The van der Waals surface area contributed by atoms with Gasteiger partial charge in [-0.1, -0.05) is 37.1 Å². The smallest absolute Gasteiger partial charge is 0.239 e. The van der Waals surface area contributed by atoms with E-state index in [0.29, 0.717) is 11.6 Å². The number of carbonyl (C=O) groups excluding carboxylic acids is 1. The van der Waals surface area contributed by atoms with Gasteiger partial charge in [-0.2, -0.15) is 0 Å². The van der Waals surface area contributed by atoms with E-state index in [1.165, 1.54) is 11.8 Å². The summed E-state index contributed by atoms with van der Waals surface area (Å²) >= 11 is 1.52. The highest BCUT2D eigenvalue weighted by Crippen LogP contribution is 2.34. The lowest BCUT2D eigenvalue weighted by molar-refractivity contribution is -0.115. The predicted octanol–water partition coefficient (Wildman–Crippen LogP) is 4.28. The molecule has 1 atom stereocenters. The predicted molar refractivity (Wildman–Crippen MR) is 92.0 cm³/mol. The Morgan fingerprint density at radius 2 is 2.22 bits per heavy atom. The lowest BCUT2D eigenvalue weighted by Crippen LogP contribution is -2.25. The topological polar surface area (TPSA) is 64.4 Å². The second kappa shape index (κ2) is 8.62. The van der Waals surface area contributed by atoms with Crippen LogP contribution in [0.1, 0.15) is 31.9 Å². The average molecular weight is 334 g/mol. The van der Waals surface area contributed by atoms with E-state index >= 15 is 0 Å². The fourth-order valence-corrected chi connectivity index (χ4v) is 3.32. The first-order chi connectivity index (χ1) is 11.1. The molecule has 0 fully saturated rings. The number of nitrogens with one attached hydrogen (secondary N) is 1. The Morgan fingerprint density at radius 3 is 2.87 bits per heavy atom. The van der Waals surface area contributed by atoms with E-state index in [0.717, 1.165) is 29.9 Å². The minimum absolute atomic E-state index is 0.0670. The minimum Gasteiger partial charge on any atom is -0.496 e. The first-order valence-electron chi connectivity index (χ1n) is 7.68. The van der Waals surface area contributed by atoms with Gasteiger partial charge in [0.2, 0.25) is 5.91 Å². The Labute approximate surface area is 140 Å². The number of aryl methyl sites for hydroxylation is 1. The van der Waals surface area contributed by atoms with Crippen LogP contribution in [-0.4, -0.2) is 23.4 Å². The van der Waals surface area contributed by atoms with Gasteiger partial charge in [0.25, 0.3) is 0 Å². The summed E-state index contributed by atoms with van der Waals surface area (Å²) in [4.78, 5) is 13.5. The van der Waals surface area contributed by atoms with Crippen molar-refractivity contribution in [2.24, 2.45) is 0 Å². The molecule has 1 aromatic heterocycles. The number of rotatable bonds is 8. The van der Waals surface area contributed by atoms with Crippen molar-refractivity contribution >= 4 is 23.5 Å². The molecule has 0 aliphatic carbocycles. The zero-order valence-corrected chi connectivity index (χ0v) is 14.5. The van der Waals surface area contributed by atoms with Crippen molar-refractivity contribution in [3.05, 3.63) is 36.1 Å². The summed E-state index contributed by atoms with van der Waals surface area (Å²) in [6.07, 6.45) is 2.82. The third kappa shape index (κ3) is 5.03. The number of hydrogen-bond donors (Lipinski definition) is 1. The van der Waals surface area contributed by atoms with Crippen LogP contribution in [0.25, 0.3) is 0 Å². The molecule has 2 rings (SSSR count). The molecule has 1 aromatic carbocycles. The average Bonchev–Trinajstić information content (AvgIpc) is 2.96. The maximum atomic E-state index is 12.6. The van der Waals surface area contributed by atoms with Crippen molar-refractivity contribution in [3.63, 3.8) is 0 Å². The summed E-state index contributed by atoms with van der Waals surface area (Å²) in [5.41, 5.74) is 0. The largest absolute Gasteiger partial charge is 0.496 e. The van der Waals surface area contributed by atoms with Crippen molar-refractivity contribution in [2.45, 2.75) is 43.3 Å². The quantitative estimate of drug-likeness (QED) is 0.730. The normalized spacial score (nSPS) is 12.0. The van der Waals surface area contributed by atoms with Gasteiger partial charge in [-0.3, -0.25) is 4.79 Å². The first kappa shape index (κ1) is 17.4. The van der Waals surface area contributed by atoms with Gasteiger partial charge in [-0.05, 0) is 25.5 Å². The zero-order valence-electron chi connectivity index (χ0n) is 13.7. The maximum Gasteiger partial charge on any atom is 0.239 e. The Balaban J connectivity index is 2.10. The molecule has 0 saturated carbocycles. The standard InChI is InChI=1S/C17H22N2O3S/c1-4-5-9-15(17(20)18-16-11-12(2)22-19-16)23-14-10-7-6-8-13(14)21-3/h6-8,10-11,15H,4-5,9H2,1-3H3,(H,18,19,20). The molecule has 1 N–H and O–H groups in total. The molecular formula is C17H22N2O3S. The third-order valence-electron chi connectivity index (χ3n) is 3.33. The number of hydrogen-bond acceptors (Lipinski definition) is 5. The summed E-state index contributed by atoms with van der Waals surface area (Å²) in [5, 5.41) is 6.44. The number of anilines is 1. The molecule has 0 aliphatic heterocycles. The molecular weight excluding hydrogens is 312 g/mol. The van der Waals surface area contributed by atoms with Gasteiger partial charge in [-0.25, -0.2) is 0 Å². The molecule has 1 amide bonds. The SMILES string of the molecule is CCCCC(Sc1ccccc1OC)C(=O)Nc1cc(C)on1. The number of ether oxygens (including phenoxy) is 1. The highest BCUT2D eigenvalue weighted by atomic mass is 32.2. The second-order valence-corrected chi connectivity index (χ2v) is 6.46. The van der Waals surface area contributed by atoms with Crippen LogP contribution in [0.2, 0.25) is 0 Å². The van der Waals surface area contributed by atoms with Crippen LogP contribution >= 0.6 is 11.8 Å². The van der Waals surface area contributed by atoms with E-state index in [-0.39, 0.29) is 11.2 Å². The molecule has 0 bridgehead atoms. The lowest BCUT2D eigenvalue weighted by atomic mass is 10.2. The first-order valence-corrected chi connectivity index (χ1v) is 8.56. The van der Waals surface area contributed by atoms with Crippen LogP contribution in [0.15, 0.2) is 39.8 Å². The molecule has 0 saturated heterocycles. The zero-order chi connectivity index (χ0) is 16.7. The van der Waals surface area contributed by atoms with Crippen molar-refractivity contribution in [3.8, 4) is 5.75 Å². The summed E-state index contributed by atoms with van der Waals surface area (Å²) in [5.74, 6) is 1.84. The number of thioether (sulfide) groups is 1. The number of amides is 1. The van der Waals surface area contributed by atoms with E-state index in [1.807, 2.05) is 24.3 Å². The molecule has 0 spiro atoms. The third-order valence-corrected chi connectivity index (χ3v) is 4.66. The van der Waals surface area contributed by atoms with Crippen molar-refractivity contribution in [1.82, 2.24) is 5.16 Å². The van der Waals surface area contributed by atoms with Gasteiger partial charge < -0.3 is 14.6 Å². The van der Waals surface area contributed by atoms with E-state index in [9.17, 15) is 4.79 Å². The number of nitrogens with zero attached hydrogens (tertiary/aromatic N) is 1. The van der Waals surface area contributed by atoms with Crippen molar-refractivity contribution in [1.29, 1.82) is 0 Å². The monoisotopic (exact) mass is 334 g/mol. The fourth-order valence-electron chi connectivity index (χ4n) is 2.13. The van der Waals surface area contributed by atoms with Gasteiger partial charge in [0.15, 0.2) is 5.82 Å². The highest BCUT2D eigenvalue weighted by Gasteiger charge is 2.22. The van der Waals surface area contributed by atoms with E-state index in [1.54, 1.807) is 20.1 Å². The Bertz CT molecular complexity index is 642. The van der Waals surface area contributed by atoms with E-state index < -0.39 is 0 Å². The lowest BCUT2D eigenvalue weighted by Gasteiger charge is -2.16. The molecule has 0 radical (unpaired) electrons. The number of unbranched alkanes of at least 4 members (excludes halogenated alkanes) is 1. The van der Waals surface area contributed by atoms with Crippen LogP contribution < -0.4 is 10.1 Å². The second-order valence-electron chi connectivity index (χ2n) is 5.21. The van der Waals surface area contributed by atoms with E-state index in [2.05, 4.69) is 17.4 Å². The molecule has 6 heteroatoms. The number of methoxy groups -OCH3 is 1. The maximum absolute atomic E-state index is 12.6. The van der Waals surface area contributed by atoms with Crippen LogP contribution in [0.5, 0.6) is 5.75 Å². The van der Waals surface area contributed by atoms with Crippen LogP contribution in [0.3, 0.4) is 0 Å². The molecule has 23 heavy (non-hydrogen) atoms. The van der Waals surface area contributed by atoms with Gasteiger partial charge in [0, 0.05) is 6.07 Å². The van der Waals surface area contributed by atoms with Crippen molar-refractivity contribution in [2.75, 3.05) is 12.4 Å². The van der Waals surface area contributed by atoms with Gasteiger partial charge in [-0.15, -0.1) is 11.8 Å². The molecule has 1 heterocycles. The summed E-state index contributed by atoms with van der Waals surface area (Å²) in [7, 11) is 1.64. The van der Waals surface area contributed by atoms with Gasteiger partial charge in [0.1, 0.15) is 11.5 Å². The number of para-hydroxylation sites is 1. The van der Waals surface area contributed by atoms with Gasteiger partial charge >= 0.3 is 0 Å². The minimum atomic E-state index is -0.205. The number of aromatic nitrogens is 1. The van der Waals surface area contributed by atoms with E-state index in [4.69, 9.17) is 9.26 Å². The Morgan fingerprint density at radius 1 is 1.43 bits per heavy atom. The van der Waals surface area contributed by atoms with Crippen LogP contribution in [0, 0.1) is 6.92 Å². The van der Waals surface area contributed by atoms with Crippen LogP contribution in [0.4, 0.5) is 5.82 Å². The summed E-state index contributed by atoms with van der Waals surface area (Å²) in [6.45, 7) is 3.91. The molecule has 1 unspecified atom stereocenters. The molecule has 2 aromatic rings. The van der Waals surface area contributed by atoms with Crippen molar-refractivity contribution < 1.29 is 14.1 Å². The number of carbonyl (C=O) groups is 1. The van der Waals surface area contributed by atoms with Gasteiger partial charge in [0.05, 0.1) is 17.3 Å². The van der Waals surface area contributed by atoms with Crippen LogP contribution in [-0.2, 0) is 4.79 Å². The fraction of sp³-hybridized carbons (Fsp3) is 0.412. The summed E-state index contributed by atoms with van der Waals surface area (Å²) < 4.78 is 10.4. The highest BCUT2D eigenvalue weighted by molar-refractivity contribution is 8.00. The molecule has 124 valence electrons. The molecule has 0 aliphatic rings. The Kier molecular flexibility index (Phi) is 6.52. The number of benzene rings is 1.